The zero-order chi connectivity index (χ0) is 20.8. The van der Waals surface area contributed by atoms with Gasteiger partial charge in [0, 0.05) is 25.9 Å². The molecular formula is C25H33N3O. The standard InChI is InChI=1S/C25H33N3O/c1-5-25(29)26-14-10-6-7-13-24-27-22-11-8-9-12-23(22)28(24)17-21-19(3)15-18(2)16-20(21)4/h8-9,11-12,15-16H,5-7,10,13-14,17H2,1-4H3,(H,26,29). The van der Waals surface area contributed by atoms with Gasteiger partial charge in [-0.3, -0.25) is 4.79 Å². The lowest BCUT2D eigenvalue weighted by Crippen LogP contribution is -2.23. The van der Waals surface area contributed by atoms with Gasteiger partial charge in [-0.05, 0) is 62.4 Å². The number of rotatable bonds is 9. The summed E-state index contributed by atoms with van der Waals surface area (Å²) in [5, 5.41) is 2.95. The van der Waals surface area contributed by atoms with Crippen LogP contribution in [-0.4, -0.2) is 22.0 Å². The van der Waals surface area contributed by atoms with Crippen LogP contribution in [0.25, 0.3) is 11.0 Å². The fourth-order valence-corrected chi connectivity index (χ4v) is 4.05. The minimum Gasteiger partial charge on any atom is -0.356 e. The predicted octanol–water partition coefficient (Wildman–Crippen LogP) is 5.25. The quantitative estimate of drug-likeness (QED) is 0.507. The number of unbranched alkanes of at least 4 members (excludes halogenated alkanes) is 2. The van der Waals surface area contributed by atoms with Crippen molar-refractivity contribution in [2.24, 2.45) is 0 Å². The first-order valence-corrected chi connectivity index (χ1v) is 10.8. The first-order chi connectivity index (χ1) is 14.0. The molecule has 0 aliphatic carbocycles. The lowest BCUT2D eigenvalue weighted by atomic mass is 9.99. The largest absolute Gasteiger partial charge is 0.356 e. The molecule has 154 valence electrons. The first-order valence-electron chi connectivity index (χ1n) is 10.8. The summed E-state index contributed by atoms with van der Waals surface area (Å²) in [5.41, 5.74) is 7.67. The van der Waals surface area contributed by atoms with E-state index in [0.717, 1.165) is 50.1 Å². The maximum atomic E-state index is 11.3. The van der Waals surface area contributed by atoms with Gasteiger partial charge in [-0.2, -0.15) is 0 Å². The maximum Gasteiger partial charge on any atom is 0.219 e. The van der Waals surface area contributed by atoms with Crippen molar-refractivity contribution in [3.8, 4) is 0 Å². The number of nitrogens with one attached hydrogen (secondary N) is 1. The molecule has 1 heterocycles. The highest BCUT2D eigenvalue weighted by Gasteiger charge is 2.13. The number of aryl methyl sites for hydroxylation is 4. The number of carbonyl (C=O) groups is 1. The van der Waals surface area contributed by atoms with Crippen LogP contribution in [0.1, 0.15) is 60.7 Å². The second-order valence-electron chi connectivity index (χ2n) is 7.99. The van der Waals surface area contributed by atoms with E-state index in [1.165, 1.54) is 27.8 Å². The molecule has 4 heteroatoms. The van der Waals surface area contributed by atoms with Crippen LogP contribution >= 0.6 is 0 Å². The Labute approximate surface area is 174 Å². The van der Waals surface area contributed by atoms with E-state index in [1.807, 2.05) is 6.92 Å². The zero-order valence-corrected chi connectivity index (χ0v) is 18.2. The Morgan fingerprint density at radius 1 is 1.03 bits per heavy atom. The van der Waals surface area contributed by atoms with E-state index in [0.29, 0.717) is 6.42 Å². The van der Waals surface area contributed by atoms with Crippen molar-refractivity contribution in [2.75, 3.05) is 6.54 Å². The molecule has 0 radical (unpaired) electrons. The van der Waals surface area contributed by atoms with Crippen molar-refractivity contribution < 1.29 is 4.79 Å². The second kappa shape index (κ2) is 9.73. The summed E-state index contributed by atoms with van der Waals surface area (Å²) >= 11 is 0. The molecule has 0 spiro atoms. The Morgan fingerprint density at radius 2 is 1.76 bits per heavy atom. The SMILES string of the molecule is CCC(=O)NCCCCCc1nc2ccccc2n1Cc1c(C)cc(C)cc1C. The van der Waals surface area contributed by atoms with Gasteiger partial charge >= 0.3 is 0 Å². The molecule has 0 saturated heterocycles. The van der Waals surface area contributed by atoms with E-state index in [4.69, 9.17) is 4.98 Å². The minimum atomic E-state index is 0.135. The average molecular weight is 392 g/mol. The fourth-order valence-electron chi connectivity index (χ4n) is 4.05. The molecule has 2 aromatic carbocycles. The van der Waals surface area contributed by atoms with Gasteiger partial charge in [0.25, 0.3) is 0 Å². The number of carbonyl (C=O) groups excluding carboxylic acids is 1. The van der Waals surface area contributed by atoms with Gasteiger partial charge < -0.3 is 9.88 Å². The maximum absolute atomic E-state index is 11.3. The Bertz CT molecular complexity index is 964. The molecule has 1 aromatic heterocycles. The van der Waals surface area contributed by atoms with Crippen molar-refractivity contribution >= 4 is 16.9 Å². The van der Waals surface area contributed by atoms with E-state index in [1.54, 1.807) is 0 Å². The van der Waals surface area contributed by atoms with Gasteiger partial charge in [0.15, 0.2) is 0 Å². The molecule has 1 N–H and O–H groups in total. The number of amides is 1. The number of para-hydroxylation sites is 2. The zero-order valence-electron chi connectivity index (χ0n) is 18.2. The van der Waals surface area contributed by atoms with E-state index in [2.05, 4.69) is 67.1 Å². The fraction of sp³-hybridized carbons (Fsp3) is 0.440. The number of hydrogen-bond acceptors (Lipinski definition) is 2. The molecule has 0 atom stereocenters. The lowest BCUT2D eigenvalue weighted by Gasteiger charge is -2.15. The number of benzene rings is 2. The van der Waals surface area contributed by atoms with Gasteiger partial charge in [-0.25, -0.2) is 4.98 Å². The summed E-state index contributed by atoms with van der Waals surface area (Å²) in [6.45, 7) is 10.1. The van der Waals surface area contributed by atoms with Crippen LogP contribution in [0.3, 0.4) is 0 Å². The monoisotopic (exact) mass is 391 g/mol. The topological polar surface area (TPSA) is 46.9 Å². The summed E-state index contributed by atoms with van der Waals surface area (Å²) in [5.74, 6) is 1.29. The third-order valence-electron chi connectivity index (χ3n) is 5.61. The van der Waals surface area contributed by atoms with Gasteiger partial charge in [0.2, 0.25) is 5.91 Å². The summed E-state index contributed by atoms with van der Waals surface area (Å²) in [4.78, 5) is 16.3. The van der Waals surface area contributed by atoms with Crippen LogP contribution < -0.4 is 5.32 Å². The molecule has 0 fully saturated rings. The van der Waals surface area contributed by atoms with Crippen molar-refractivity contribution in [3.05, 3.63) is 64.5 Å². The van der Waals surface area contributed by atoms with Crippen LogP contribution in [0.15, 0.2) is 36.4 Å². The molecular weight excluding hydrogens is 358 g/mol. The summed E-state index contributed by atoms with van der Waals surface area (Å²) in [6.07, 6.45) is 4.71. The first kappa shape index (κ1) is 21.1. The molecule has 29 heavy (non-hydrogen) atoms. The highest BCUT2D eigenvalue weighted by atomic mass is 16.1. The third-order valence-corrected chi connectivity index (χ3v) is 5.61. The highest BCUT2D eigenvalue weighted by Crippen LogP contribution is 2.23. The van der Waals surface area contributed by atoms with Crippen LogP contribution in [0.4, 0.5) is 0 Å². The summed E-state index contributed by atoms with van der Waals surface area (Å²) < 4.78 is 2.39. The molecule has 0 unspecified atom stereocenters. The number of nitrogens with zero attached hydrogens (tertiary/aromatic N) is 2. The van der Waals surface area contributed by atoms with E-state index >= 15 is 0 Å². The molecule has 4 nitrogen and oxygen atoms in total. The van der Waals surface area contributed by atoms with E-state index in [9.17, 15) is 4.79 Å². The van der Waals surface area contributed by atoms with Gasteiger partial charge in [0.1, 0.15) is 5.82 Å². The van der Waals surface area contributed by atoms with Gasteiger partial charge in [0.05, 0.1) is 11.0 Å². The van der Waals surface area contributed by atoms with Gasteiger partial charge in [-0.1, -0.05) is 43.2 Å². The van der Waals surface area contributed by atoms with Crippen LogP contribution in [0.5, 0.6) is 0 Å². The number of aromatic nitrogens is 2. The molecule has 0 aliphatic heterocycles. The smallest absolute Gasteiger partial charge is 0.219 e. The Hall–Kier alpha value is -2.62. The number of imidazole rings is 1. The molecule has 1 amide bonds. The van der Waals surface area contributed by atoms with Crippen LogP contribution in [0, 0.1) is 20.8 Å². The van der Waals surface area contributed by atoms with Crippen LogP contribution in [-0.2, 0) is 17.8 Å². The van der Waals surface area contributed by atoms with Crippen molar-refractivity contribution in [1.82, 2.24) is 14.9 Å². The van der Waals surface area contributed by atoms with E-state index in [-0.39, 0.29) is 5.91 Å². The molecule has 0 bridgehead atoms. The third kappa shape index (κ3) is 5.26. The van der Waals surface area contributed by atoms with Crippen LogP contribution in [0.2, 0.25) is 0 Å². The molecule has 0 saturated carbocycles. The summed E-state index contributed by atoms with van der Waals surface area (Å²) in [6, 6.07) is 13.0. The van der Waals surface area contributed by atoms with Gasteiger partial charge in [-0.15, -0.1) is 0 Å². The van der Waals surface area contributed by atoms with Crippen molar-refractivity contribution in [3.63, 3.8) is 0 Å². The Kier molecular flexibility index (Phi) is 7.08. The number of hydrogen-bond donors (Lipinski definition) is 1. The predicted molar refractivity (Wildman–Crippen MR) is 120 cm³/mol. The second-order valence-corrected chi connectivity index (χ2v) is 7.99. The van der Waals surface area contributed by atoms with Crippen molar-refractivity contribution in [1.29, 1.82) is 0 Å². The summed E-state index contributed by atoms with van der Waals surface area (Å²) in [7, 11) is 0. The molecule has 0 aliphatic rings. The lowest BCUT2D eigenvalue weighted by molar-refractivity contribution is -0.120. The Morgan fingerprint density at radius 3 is 2.48 bits per heavy atom. The highest BCUT2D eigenvalue weighted by molar-refractivity contribution is 5.76. The number of fused-ring (bicyclic) bond motifs is 1. The van der Waals surface area contributed by atoms with Crippen molar-refractivity contribution in [2.45, 2.75) is 66.3 Å². The minimum absolute atomic E-state index is 0.135. The normalized spacial score (nSPS) is 11.2. The average Bonchev–Trinajstić information content (AvgIpc) is 3.04. The molecule has 3 rings (SSSR count). The van der Waals surface area contributed by atoms with E-state index < -0.39 is 0 Å². The molecule has 3 aromatic rings. The Balaban J connectivity index is 1.74.